The van der Waals surface area contributed by atoms with E-state index in [-0.39, 0.29) is 0 Å². The molecule has 1 atom stereocenters. The number of hydrogen-bond donors (Lipinski definition) is 1. The van der Waals surface area contributed by atoms with Crippen molar-refractivity contribution in [1.82, 2.24) is 0 Å². The molecule has 2 N–H and O–H groups in total. The lowest BCUT2D eigenvalue weighted by Crippen LogP contribution is -2.89. The van der Waals surface area contributed by atoms with Crippen LogP contribution in [0.3, 0.4) is 0 Å². The highest BCUT2D eigenvalue weighted by atomic mass is 16.5. The van der Waals surface area contributed by atoms with E-state index in [1.54, 1.807) is 0 Å². The normalized spacial score (nSPS) is 12.7. The molecule has 0 unspecified atom stereocenters. The average molecular weight is 278 g/mol. The fraction of sp³-hybridized carbons (Fsp3) is 0.667. The third-order valence-corrected chi connectivity index (χ3v) is 3.82. The third-order valence-electron chi connectivity index (χ3n) is 3.82. The summed E-state index contributed by atoms with van der Waals surface area (Å²) in [5, 5.41) is 2.43. The lowest BCUT2D eigenvalue weighted by atomic mass is 10.0. The number of benzene rings is 1. The van der Waals surface area contributed by atoms with Crippen molar-refractivity contribution in [2.45, 2.75) is 65.8 Å². The summed E-state index contributed by atoms with van der Waals surface area (Å²) >= 11 is 0. The van der Waals surface area contributed by atoms with Gasteiger partial charge in [0.25, 0.3) is 0 Å². The molecule has 0 saturated carbocycles. The Morgan fingerprint density at radius 1 is 1.10 bits per heavy atom. The Morgan fingerprint density at radius 2 is 1.85 bits per heavy atom. The summed E-state index contributed by atoms with van der Waals surface area (Å²) in [4.78, 5) is 0. The van der Waals surface area contributed by atoms with Crippen molar-refractivity contribution >= 4 is 0 Å². The second-order valence-corrected chi connectivity index (χ2v) is 6.20. The number of hydrogen-bond acceptors (Lipinski definition) is 1. The topological polar surface area (TPSA) is 25.8 Å². The first-order valence-corrected chi connectivity index (χ1v) is 8.10. The molecule has 0 heterocycles. The van der Waals surface area contributed by atoms with Crippen LogP contribution in [0.1, 0.15) is 64.0 Å². The minimum Gasteiger partial charge on any atom is -0.494 e. The van der Waals surface area contributed by atoms with Crippen molar-refractivity contribution in [3.63, 3.8) is 0 Å². The van der Waals surface area contributed by atoms with Gasteiger partial charge in [0.05, 0.1) is 19.2 Å². The molecule has 0 aliphatic rings. The van der Waals surface area contributed by atoms with Crippen LogP contribution in [0.4, 0.5) is 0 Å². The molecule has 0 spiro atoms. The van der Waals surface area contributed by atoms with Crippen LogP contribution in [0.5, 0.6) is 5.75 Å². The van der Waals surface area contributed by atoms with E-state index in [9.17, 15) is 0 Å². The molecule has 0 aromatic heterocycles. The molecule has 2 nitrogen and oxygen atoms in total. The Balaban J connectivity index is 2.28. The van der Waals surface area contributed by atoms with Gasteiger partial charge in [0.15, 0.2) is 0 Å². The van der Waals surface area contributed by atoms with E-state index in [2.05, 4.69) is 58.1 Å². The number of nitrogens with two attached hydrogens (primary N) is 1. The minimum atomic E-state index is 0.558. The average Bonchev–Trinajstić information content (AvgIpc) is 2.41. The SMILES string of the molecule is CC[C@H](C)[NH2+]CCCCOc1cc(C)cc(C(C)C)c1. The minimum absolute atomic E-state index is 0.558. The van der Waals surface area contributed by atoms with E-state index in [0.717, 1.165) is 24.8 Å². The number of quaternary nitrogens is 1. The molecular weight excluding hydrogens is 246 g/mol. The lowest BCUT2D eigenvalue weighted by molar-refractivity contribution is -0.686. The van der Waals surface area contributed by atoms with Gasteiger partial charge in [0.2, 0.25) is 0 Å². The number of aryl methyl sites for hydroxylation is 1. The molecule has 0 bridgehead atoms. The standard InChI is InChI=1S/C18H31NO/c1-6-16(5)19-9-7-8-10-20-18-12-15(4)11-17(13-18)14(2)3/h11-14,16,19H,6-10H2,1-5H3/p+1/t16-/m0/s1. The van der Waals surface area contributed by atoms with Gasteiger partial charge >= 0.3 is 0 Å². The van der Waals surface area contributed by atoms with Crippen LogP contribution >= 0.6 is 0 Å². The zero-order chi connectivity index (χ0) is 15.0. The predicted molar refractivity (Wildman–Crippen MR) is 86.5 cm³/mol. The van der Waals surface area contributed by atoms with Gasteiger partial charge in [-0.05, 0) is 62.3 Å². The van der Waals surface area contributed by atoms with Crippen LogP contribution in [-0.4, -0.2) is 19.2 Å². The monoisotopic (exact) mass is 278 g/mol. The first kappa shape index (κ1) is 17.0. The molecule has 20 heavy (non-hydrogen) atoms. The smallest absolute Gasteiger partial charge is 0.119 e. The summed E-state index contributed by atoms with van der Waals surface area (Å²) in [7, 11) is 0. The van der Waals surface area contributed by atoms with Crippen LogP contribution in [0.25, 0.3) is 0 Å². The summed E-state index contributed by atoms with van der Waals surface area (Å²) in [5.74, 6) is 1.59. The first-order valence-electron chi connectivity index (χ1n) is 8.10. The molecule has 1 rings (SSSR count). The molecule has 0 aliphatic carbocycles. The highest BCUT2D eigenvalue weighted by molar-refractivity contribution is 5.35. The quantitative estimate of drug-likeness (QED) is 0.686. The van der Waals surface area contributed by atoms with Crippen molar-refractivity contribution in [3.05, 3.63) is 29.3 Å². The van der Waals surface area contributed by atoms with Gasteiger partial charge in [-0.3, -0.25) is 0 Å². The fourth-order valence-corrected chi connectivity index (χ4v) is 2.20. The van der Waals surface area contributed by atoms with E-state index in [1.165, 1.54) is 30.5 Å². The highest BCUT2D eigenvalue weighted by Crippen LogP contribution is 2.22. The molecule has 0 amide bonds. The second kappa shape index (κ2) is 9.02. The van der Waals surface area contributed by atoms with E-state index < -0.39 is 0 Å². The molecule has 0 saturated heterocycles. The van der Waals surface area contributed by atoms with Gasteiger partial charge in [-0.25, -0.2) is 0 Å². The summed E-state index contributed by atoms with van der Waals surface area (Å²) in [6.45, 7) is 13.2. The van der Waals surface area contributed by atoms with Crippen LogP contribution < -0.4 is 10.1 Å². The molecule has 2 heteroatoms. The van der Waals surface area contributed by atoms with Gasteiger partial charge in [0.1, 0.15) is 5.75 Å². The van der Waals surface area contributed by atoms with E-state index in [0.29, 0.717) is 5.92 Å². The number of rotatable bonds is 9. The predicted octanol–water partition coefficient (Wildman–Crippen LogP) is 3.64. The zero-order valence-electron chi connectivity index (χ0n) is 13.9. The maximum absolute atomic E-state index is 5.90. The first-order chi connectivity index (χ1) is 9.52. The number of unbranched alkanes of at least 4 members (excludes halogenated alkanes) is 1. The largest absolute Gasteiger partial charge is 0.494 e. The van der Waals surface area contributed by atoms with Crippen molar-refractivity contribution in [2.75, 3.05) is 13.2 Å². The molecule has 1 aromatic carbocycles. The van der Waals surface area contributed by atoms with E-state index >= 15 is 0 Å². The van der Waals surface area contributed by atoms with Gasteiger partial charge in [-0.2, -0.15) is 0 Å². The molecule has 0 radical (unpaired) electrons. The Kier molecular flexibility index (Phi) is 7.68. The van der Waals surface area contributed by atoms with E-state index in [4.69, 9.17) is 4.74 Å². The molecular formula is C18H32NO+. The summed E-state index contributed by atoms with van der Waals surface area (Å²) in [6, 6.07) is 7.32. The Labute approximate surface area is 124 Å². The van der Waals surface area contributed by atoms with Crippen molar-refractivity contribution in [3.8, 4) is 5.75 Å². The van der Waals surface area contributed by atoms with Gasteiger partial charge in [0, 0.05) is 0 Å². The second-order valence-electron chi connectivity index (χ2n) is 6.20. The maximum Gasteiger partial charge on any atom is 0.119 e. The molecule has 114 valence electrons. The van der Waals surface area contributed by atoms with Crippen LogP contribution in [0, 0.1) is 6.92 Å². The van der Waals surface area contributed by atoms with Gasteiger partial charge in [-0.1, -0.05) is 26.8 Å². The Hall–Kier alpha value is -1.02. The van der Waals surface area contributed by atoms with Crippen molar-refractivity contribution < 1.29 is 10.1 Å². The van der Waals surface area contributed by atoms with E-state index in [1.807, 2.05) is 0 Å². The van der Waals surface area contributed by atoms with Crippen LogP contribution in [-0.2, 0) is 0 Å². The van der Waals surface area contributed by atoms with Crippen molar-refractivity contribution in [2.24, 2.45) is 0 Å². The summed E-state index contributed by atoms with van der Waals surface area (Å²) < 4.78 is 5.90. The highest BCUT2D eigenvalue weighted by Gasteiger charge is 2.04. The summed E-state index contributed by atoms with van der Waals surface area (Å²) in [5.41, 5.74) is 2.65. The van der Waals surface area contributed by atoms with Gasteiger partial charge in [-0.15, -0.1) is 0 Å². The Morgan fingerprint density at radius 3 is 2.50 bits per heavy atom. The fourth-order valence-electron chi connectivity index (χ4n) is 2.20. The third kappa shape index (κ3) is 6.42. The van der Waals surface area contributed by atoms with Crippen LogP contribution in [0.15, 0.2) is 18.2 Å². The maximum atomic E-state index is 5.90. The summed E-state index contributed by atoms with van der Waals surface area (Å²) in [6.07, 6.45) is 3.61. The molecule has 1 aromatic rings. The van der Waals surface area contributed by atoms with Crippen LogP contribution in [0.2, 0.25) is 0 Å². The number of ether oxygens (including phenoxy) is 1. The Bertz CT molecular complexity index is 387. The molecule has 0 aliphatic heterocycles. The zero-order valence-corrected chi connectivity index (χ0v) is 13.9. The molecule has 0 fully saturated rings. The van der Waals surface area contributed by atoms with Crippen molar-refractivity contribution in [1.29, 1.82) is 0 Å². The lowest BCUT2D eigenvalue weighted by Gasteiger charge is -2.12. The van der Waals surface area contributed by atoms with Gasteiger partial charge < -0.3 is 10.1 Å².